The number of esters is 2. The van der Waals surface area contributed by atoms with Gasteiger partial charge in [-0.1, -0.05) is 19.6 Å². The number of hydrogen-bond donors (Lipinski definition) is 1. The summed E-state index contributed by atoms with van der Waals surface area (Å²) in [6.45, 7) is 7.65. The van der Waals surface area contributed by atoms with Gasteiger partial charge in [0.25, 0.3) is 5.56 Å². The Bertz CT molecular complexity index is 1300. The smallest absolute Gasteiger partial charge is 0.338 e. The summed E-state index contributed by atoms with van der Waals surface area (Å²) in [5.74, 6) is -0.120. The Labute approximate surface area is 184 Å². The average Bonchev–Trinajstić information content (AvgIpc) is 3.08. The van der Waals surface area contributed by atoms with E-state index in [1.165, 1.54) is 11.8 Å². The molecule has 166 valence electrons. The molecule has 0 atom stereocenters. The molecule has 0 aliphatic heterocycles. The van der Waals surface area contributed by atoms with Gasteiger partial charge in [-0.05, 0) is 55.0 Å². The number of aromatic amines is 1. The van der Waals surface area contributed by atoms with Crippen molar-refractivity contribution < 1.29 is 23.8 Å². The molecular formula is C24H24N2O6. The molecule has 0 spiro atoms. The molecule has 0 aliphatic carbocycles. The fourth-order valence-corrected chi connectivity index (χ4v) is 3.01. The number of H-pyrrole nitrogens is 1. The number of rotatable bonds is 7. The van der Waals surface area contributed by atoms with E-state index < -0.39 is 5.97 Å². The van der Waals surface area contributed by atoms with E-state index in [1.807, 2.05) is 0 Å². The predicted octanol–water partition coefficient (Wildman–Crippen LogP) is 1.91. The van der Waals surface area contributed by atoms with Crippen LogP contribution in [0.2, 0.25) is 0 Å². The second-order valence-electron chi connectivity index (χ2n) is 6.79. The summed E-state index contributed by atoms with van der Waals surface area (Å²) in [7, 11) is 1.47. The summed E-state index contributed by atoms with van der Waals surface area (Å²) < 4.78 is 16.9. The summed E-state index contributed by atoms with van der Waals surface area (Å²) >= 11 is 0. The van der Waals surface area contributed by atoms with Crippen molar-refractivity contribution in [3.05, 3.63) is 74.5 Å². The molecule has 3 aromatic rings. The zero-order chi connectivity index (χ0) is 23.3. The van der Waals surface area contributed by atoms with E-state index in [2.05, 4.69) is 11.7 Å². The Morgan fingerprint density at radius 3 is 2.44 bits per heavy atom. The van der Waals surface area contributed by atoms with Gasteiger partial charge in [0, 0.05) is 6.42 Å². The normalized spacial score (nSPS) is 11.3. The van der Waals surface area contributed by atoms with Crippen LogP contribution in [0.3, 0.4) is 0 Å². The molecule has 0 bridgehead atoms. The van der Waals surface area contributed by atoms with Crippen molar-refractivity contribution in [1.82, 2.24) is 9.78 Å². The van der Waals surface area contributed by atoms with E-state index in [4.69, 9.17) is 14.2 Å². The highest BCUT2D eigenvalue weighted by atomic mass is 16.6. The second-order valence-corrected chi connectivity index (χ2v) is 6.79. The van der Waals surface area contributed by atoms with Gasteiger partial charge >= 0.3 is 11.9 Å². The van der Waals surface area contributed by atoms with Gasteiger partial charge in [-0.2, -0.15) is 0 Å². The molecule has 1 N–H and O–H groups in total. The SMILES string of the molecule is C=c1[nH]n(-c2ccc(C(=O)OCC)cc2)c(=O)/c1=C\c1ccc(OC(=O)CC)c(OC)c1. The molecule has 0 radical (unpaired) electrons. The Morgan fingerprint density at radius 1 is 1.09 bits per heavy atom. The minimum absolute atomic E-state index is 0.242. The van der Waals surface area contributed by atoms with Crippen LogP contribution < -0.4 is 25.6 Å². The summed E-state index contributed by atoms with van der Waals surface area (Å²) in [6, 6.07) is 11.5. The number of hydrogen-bond acceptors (Lipinski definition) is 6. The zero-order valence-electron chi connectivity index (χ0n) is 18.1. The number of benzene rings is 2. The van der Waals surface area contributed by atoms with Crippen LogP contribution in [0.5, 0.6) is 11.5 Å². The molecule has 0 saturated carbocycles. The molecule has 2 aromatic carbocycles. The average molecular weight is 436 g/mol. The first kappa shape index (κ1) is 22.6. The van der Waals surface area contributed by atoms with E-state index in [0.717, 1.165) is 0 Å². The van der Waals surface area contributed by atoms with E-state index in [0.29, 0.717) is 38.9 Å². The fraction of sp³-hybridized carbons (Fsp3) is 0.208. The molecule has 0 amide bonds. The summed E-state index contributed by atoms with van der Waals surface area (Å²) in [6.07, 6.45) is 1.91. The van der Waals surface area contributed by atoms with Crippen molar-refractivity contribution in [2.24, 2.45) is 0 Å². The quantitative estimate of drug-likeness (QED) is 0.449. The number of ether oxygens (including phenoxy) is 3. The van der Waals surface area contributed by atoms with E-state index in [1.54, 1.807) is 62.4 Å². The third kappa shape index (κ3) is 4.80. The second kappa shape index (κ2) is 9.82. The van der Waals surface area contributed by atoms with Crippen molar-refractivity contribution in [1.29, 1.82) is 0 Å². The maximum atomic E-state index is 13.0. The van der Waals surface area contributed by atoms with Crippen LogP contribution in [0.1, 0.15) is 36.2 Å². The summed E-state index contributed by atoms with van der Waals surface area (Å²) in [5, 5.41) is 3.72. The van der Waals surface area contributed by atoms with Gasteiger partial charge in [0.15, 0.2) is 11.5 Å². The molecule has 8 nitrogen and oxygen atoms in total. The van der Waals surface area contributed by atoms with E-state index in [9.17, 15) is 14.4 Å². The molecule has 8 heteroatoms. The highest BCUT2D eigenvalue weighted by Crippen LogP contribution is 2.28. The third-order valence-corrected chi connectivity index (χ3v) is 4.65. The first-order valence-corrected chi connectivity index (χ1v) is 10.1. The molecule has 0 fully saturated rings. The van der Waals surface area contributed by atoms with E-state index in [-0.39, 0.29) is 24.6 Å². The van der Waals surface area contributed by atoms with Crippen molar-refractivity contribution >= 4 is 24.6 Å². The maximum absolute atomic E-state index is 13.0. The third-order valence-electron chi connectivity index (χ3n) is 4.65. The number of aromatic nitrogens is 2. The van der Waals surface area contributed by atoms with Gasteiger partial charge in [0.2, 0.25) is 0 Å². The first-order valence-electron chi connectivity index (χ1n) is 10.1. The maximum Gasteiger partial charge on any atom is 0.338 e. The minimum Gasteiger partial charge on any atom is -0.493 e. The lowest BCUT2D eigenvalue weighted by atomic mass is 10.1. The number of carbonyl (C=O) groups excluding carboxylic acids is 2. The number of nitrogens with zero attached hydrogens (tertiary/aromatic N) is 1. The first-order chi connectivity index (χ1) is 15.4. The van der Waals surface area contributed by atoms with Crippen LogP contribution in [0.15, 0.2) is 47.3 Å². The number of carbonyl (C=O) groups is 2. The zero-order valence-corrected chi connectivity index (χ0v) is 18.1. The lowest BCUT2D eigenvalue weighted by Gasteiger charge is -2.09. The largest absolute Gasteiger partial charge is 0.493 e. The minimum atomic E-state index is -0.424. The van der Waals surface area contributed by atoms with Gasteiger partial charge in [0.1, 0.15) is 0 Å². The van der Waals surface area contributed by atoms with Gasteiger partial charge in [-0.3, -0.25) is 14.7 Å². The van der Waals surface area contributed by atoms with Gasteiger partial charge in [-0.15, -0.1) is 0 Å². The highest BCUT2D eigenvalue weighted by Gasteiger charge is 2.11. The van der Waals surface area contributed by atoms with Gasteiger partial charge in [0.05, 0.1) is 35.5 Å². The Hall–Kier alpha value is -4.07. The van der Waals surface area contributed by atoms with Crippen molar-refractivity contribution in [3.8, 4) is 17.2 Å². The Balaban J connectivity index is 1.97. The van der Waals surface area contributed by atoms with Crippen molar-refractivity contribution in [3.63, 3.8) is 0 Å². The van der Waals surface area contributed by atoms with Gasteiger partial charge < -0.3 is 14.2 Å². The topological polar surface area (TPSA) is 99.6 Å². The van der Waals surface area contributed by atoms with Crippen molar-refractivity contribution in [2.75, 3.05) is 13.7 Å². The lowest BCUT2D eigenvalue weighted by Crippen LogP contribution is -2.33. The lowest BCUT2D eigenvalue weighted by molar-refractivity contribution is -0.134. The van der Waals surface area contributed by atoms with Crippen LogP contribution in [0.25, 0.3) is 18.3 Å². The van der Waals surface area contributed by atoms with Crippen LogP contribution in [0.4, 0.5) is 0 Å². The molecule has 0 aliphatic rings. The van der Waals surface area contributed by atoms with Crippen molar-refractivity contribution in [2.45, 2.75) is 20.3 Å². The van der Waals surface area contributed by atoms with Crippen LogP contribution in [-0.4, -0.2) is 35.4 Å². The molecule has 1 aromatic heterocycles. The Morgan fingerprint density at radius 2 is 1.81 bits per heavy atom. The predicted molar refractivity (Wildman–Crippen MR) is 120 cm³/mol. The monoisotopic (exact) mass is 436 g/mol. The number of methoxy groups -OCH3 is 1. The van der Waals surface area contributed by atoms with Crippen LogP contribution in [0, 0.1) is 0 Å². The van der Waals surface area contributed by atoms with E-state index >= 15 is 0 Å². The summed E-state index contributed by atoms with van der Waals surface area (Å²) in [5.41, 5.74) is 1.31. The Kier molecular flexibility index (Phi) is 6.94. The summed E-state index contributed by atoms with van der Waals surface area (Å²) in [4.78, 5) is 36.4. The number of nitrogens with one attached hydrogen (secondary N) is 1. The molecule has 3 rings (SSSR count). The van der Waals surface area contributed by atoms with Crippen LogP contribution in [-0.2, 0) is 9.53 Å². The highest BCUT2D eigenvalue weighted by molar-refractivity contribution is 5.89. The fourth-order valence-electron chi connectivity index (χ4n) is 3.01. The molecule has 0 saturated heterocycles. The standard InChI is InChI=1S/C24H24N2O6/c1-5-22(27)32-20-12-7-16(14-21(20)30-4)13-19-15(3)25-26(23(19)28)18-10-8-17(9-11-18)24(29)31-6-2/h7-14,25H,3,5-6H2,1-2,4H3/b19-13-. The molecule has 1 heterocycles. The molecule has 0 unspecified atom stereocenters. The molecular weight excluding hydrogens is 412 g/mol. The van der Waals surface area contributed by atoms with Crippen LogP contribution >= 0.6 is 0 Å². The van der Waals surface area contributed by atoms with Gasteiger partial charge in [-0.25, -0.2) is 9.48 Å². The molecule has 32 heavy (non-hydrogen) atoms.